The Labute approximate surface area is 267 Å². The second-order valence-electron chi connectivity index (χ2n) is 10.9. The van der Waals surface area contributed by atoms with Crippen molar-refractivity contribution in [2.24, 2.45) is 9.98 Å². The molecule has 4 aromatic heterocycles. The Kier molecular flexibility index (Phi) is 9.88. The maximum absolute atomic E-state index is 4.72. The van der Waals surface area contributed by atoms with Gasteiger partial charge in [-0.1, -0.05) is 37.1 Å². The molecule has 0 atom stereocenters. The summed E-state index contributed by atoms with van der Waals surface area (Å²) in [5.74, 6) is 0. The third-order valence-corrected chi connectivity index (χ3v) is 7.23. The molecule has 0 N–H and O–H groups in total. The second kappa shape index (κ2) is 13.4. The second-order valence-corrected chi connectivity index (χ2v) is 10.9. The molecule has 212 valence electrons. The van der Waals surface area contributed by atoms with Crippen molar-refractivity contribution >= 4 is 22.6 Å². The van der Waals surface area contributed by atoms with Crippen molar-refractivity contribution in [2.75, 3.05) is 0 Å². The molecular weight excluding hydrogens is 582 g/mol. The van der Waals surface area contributed by atoms with Gasteiger partial charge in [-0.15, -0.1) is 11.4 Å². The normalized spacial score (nSPS) is 16.4. The minimum atomic E-state index is 0. The molecule has 6 nitrogen and oxygen atoms in total. The van der Waals surface area contributed by atoms with Gasteiger partial charge in [0.1, 0.15) is 0 Å². The van der Waals surface area contributed by atoms with E-state index in [0.717, 1.165) is 67.9 Å². The van der Waals surface area contributed by atoms with Gasteiger partial charge >= 0.3 is 19.5 Å². The standard InChI is InChI=1S/2C18H18N3.Zn/c2*1-11-9-13(3)20-17(11)16(15-5-7-19-8-6-15)18-12(2)10-14(4)21-18;/h2*5-10H,1-4H3;/q2*-1;+2/b2*17-16-;. The molecule has 2 aliphatic rings. The quantitative estimate of drug-likeness (QED) is 0.220. The van der Waals surface area contributed by atoms with Gasteiger partial charge in [-0.05, 0) is 111 Å². The Bertz CT molecular complexity index is 1690. The summed E-state index contributed by atoms with van der Waals surface area (Å²) in [5.41, 5.74) is 17.3. The molecule has 0 aromatic carbocycles. The first-order valence-electron chi connectivity index (χ1n) is 14.1. The maximum Gasteiger partial charge on any atom is 2.00 e. The van der Waals surface area contributed by atoms with E-state index >= 15 is 0 Å². The summed E-state index contributed by atoms with van der Waals surface area (Å²) < 4.78 is 0. The van der Waals surface area contributed by atoms with E-state index in [4.69, 9.17) is 20.0 Å². The van der Waals surface area contributed by atoms with Crippen molar-refractivity contribution in [3.63, 3.8) is 0 Å². The van der Waals surface area contributed by atoms with Crippen molar-refractivity contribution in [1.29, 1.82) is 0 Å². The van der Waals surface area contributed by atoms with Crippen LogP contribution in [0, 0.1) is 27.7 Å². The maximum atomic E-state index is 4.72. The van der Waals surface area contributed by atoms with E-state index in [-0.39, 0.29) is 19.5 Å². The number of aromatic nitrogens is 4. The fourth-order valence-electron chi connectivity index (χ4n) is 5.53. The summed E-state index contributed by atoms with van der Waals surface area (Å²) in [6, 6.07) is 12.3. The Morgan fingerprint density at radius 2 is 0.884 bits per heavy atom. The van der Waals surface area contributed by atoms with Crippen molar-refractivity contribution < 1.29 is 19.5 Å². The van der Waals surface area contributed by atoms with Gasteiger partial charge in [0.15, 0.2) is 0 Å². The van der Waals surface area contributed by atoms with Crippen LogP contribution < -0.4 is 9.97 Å². The average molecular weight is 618 g/mol. The van der Waals surface area contributed by atoms with E-state index in [1.54, 1.807) is 0 Å². The molecule has 6 rings (SSSR count). The first-order valence-corrected chi connectivity index (χ1v) is 14.1. The number of allylic oxidation sites excluding steroid dienone is 4. The number of rotatable bonds is 4. The topological polar surface area (TPSA) is 78.7 Å². The van der Waals surface area contributed by atoms with Gasteiger partial charge in [-0.3, -0.25) is 20.0 Å². The van der Waals surface area contributed by atoms with Gasteiger partial charge < -0.3 is 9.97 Å². The molecule has 0 bridgehead atoms. The number of hydrogen-bond donors (Lipinski definition) is 0. The van der Waals surface area contributed by atoms with E-state index in [2.05, 4.69) is 61.9 Å². The summed E-state index contributed by atoms with van der Waals surface area (Å²) in [7, 11) is 0. The van der Waals surface area contributed by atoms with E-state index in [0.29, 0.717) is 0 Å². The molecule has 0 unspecified atom stereocenters. The van der Waals surface area contributed by atoms with Crippen LogP contribution >= 0.6 is 0 Å². The number of nitrogens with zero attached hydrogens (tertiary/aromatic N) is 6. The zero-order chi connectivity index (χ0) is 30.0. The fraction of sp³-hybridized carbons (Fsp3) is 0.222. The molecule has 6 heterocycles. The van der Waals surface area contributed by atoms with E-state index in [9.17, 15) is 0 Å². The molecule has 0 amide bonds. The van der Waals surface area contributed by atoms with Crippen molar-refractivity contribution in [3.8, 4) is 0 Å². The minimum Gasteiger partial charge on any atom is -0.661 e. The van der Waals surface area contributed by atoms with Gasteiger partial charge in [0, 0.05) is 36.2 Å². The van der Waals surface area contributed by atoms with Gasteiger partial charge in [0.05, 0.1) is 11.4 Å². The van der Waals surface area contributed by atoms with Crippen molar-refractivity contribution in [1.82, 2.24) is 19.9 Å². The van der Waals surface area contributed by atoms with E-state index in [1.165, 1.54) is 22.3 Å². The first kappa shape index (κ1) is 31.7. The molecule has 0 aliphatic carbocycles. The Morgan fingerprint density at radius 3 is 1.14 bits per heavy atom. The minimum absolute atomic E-state index is 0. The van der Waals surface area contributed by atoms with Crippen LogP contribution in [0.1, 0.15) is 72.7 Å². The largest absolute Gasteiger partial charge is 2.00 e. The fourth-order valence-corrected chi connectivity index (χ4v) is 5.53. The van der Waals surface area contributed by atoms with Crippen LogP contribution in [0.25, 0.3) is 11.1 Å². The van der Waals surface area contributed by atoms with Gasteiger partial charge in [0.25, 0.3) is 0 Å². The Balaban J connectivity index is 0.000000192. The number of aliphatic imine (C=N–C) groups is 2. The molecule has 0 spiro atoms. The zero-order valence-corrected chi connectivity index (χ0v) is 29.3. The molecule has 0 fully saturated rings. The van der Waals surface area contributed by atoms with Crippen LogP contribution in [-0.2, 0) is 19.5 Å². The summed E-state index contributed by atoms with van der Waals surface area (Å²) in [4.78, 5) is 27.1. The molecule has 43 heavy (non-hydrogen) atoms. The monoisotopic (exact) mass is 616 g/mol. The zero-order valence-electron chi connectivity index (χ0n) is 26.3. The SMILES string of the molecule is CC1=CC(C)=N/C1=C(/c1ccncc1)c1[n-]c(C)cc1C.CC1=CC(C)=N/C1=C(/c1ccncc1)c1[n-]c(C)cc1C.[Zn+2]. The van der Waals surface area contributed by atoms with Gasteiger partial charge in [-0.25, -0.2) is 0 Å². The van der Waals surface area contributed by atoms with E-state index in [1.807, 2.05) is 76.7 Å². The van der Waals surface area contributed by atoms with E-state index < -0.39 is 0 Å². The Hall–Kier alpha value is -4.22. The summed E-state index contributed by atoms with van der Waals surface area (Å²) in [6.45, 7) is 16.5. The smallest absolute Gasteiger partial charge is 0.661 e. The van der Waals surface area contributed by atoms with Crippen LogP contribution in [0.3, 0.4) is 0 Å². The Morgan fingerprint density at radius 1 is 0.535 bits per heavy atom. The summed E-state index contributed by atoms with van der Waals surface area (Å²) >= 11 is 0. The average Bonchev–Trinajstić information content (AvgIpc) is 3.67. The molecule has 0 saturated heterocycles. The molecular formula is C36H36N6Zn. The molecule has 7 heteroatoms. The number of pyridine rings is 2. The van der Waals surface area contributed by atoms with Crippen LogP contribution in [0.2, 0.25) is 0 Å². The molecule has 0 radical (unpaired) electrons. The summed E-state index contributed by atoms with van der Waals surface area (Å²) in [6.07, 6.45) is 11.5. The third-order valence-electron chi connectivity index (χ3n) is 7.23. The predicted octanol–water partition coefficient (Wildman–Crippen LogP) is 7.67. The number of aryl methyl sites for hydroxylation is 4. The summed E-state index contributed by atoms with van der Waals surface area (Å²) in [5, 5.41) is 0. The van der Waals surface area contributed by atoms with Crippen LogP contribution in [0.4, 0.5) is 0 Å². The van der Waals surface area contributed by atoms with Crippen LogP contribution in [0.15, 0.2) is 106 Å². The molecule has 0 saturated carbocycles. The van der Waals surface area contributed by atoms with Crippen LogP contribution in [0.5, 0.6) is 0 Å². The van der Waals surface area contributed by atoms with Gasteiger partial charge in [-0.2, -0.15) is 11.4 Å². The van der Waals surface area contributed by atoms with Crippen molar-refractivity contribution in [3.05, 3.63) is 141 Å². The predicted molar refractivity (Wildman–Crippen MR) is 173 cm³/mol. The third kappa shape index (κ3) is 6.89. The molecule has 2 aliphatic heterocycles. The number of hydrogen-bond acceptors (Lipinski definition) is 4. The molecule has 4 aromatic rings. The van der Waals surface area contributed by atoms with Crippen LogP contribution in [-0.4, -0.2) is 21.4 Å². The first-order chi connectivity index (χ1) is 20.1. The van der Waals surface area contributed by atoms with Crippen molar-refractivity contribution in [2.45, 2.75) is 55.4 Å². The van der Waals surface area contributed by atoms with Gasteiger partial charge in [0.2, 0.25) is 0 Å².